The summed E-state index contributed by atoms with van der Waals surface area (Å²) in [4.78, 5) is 10.3. The summed E-state index contributed by atoms with van der Waals surface area (Å²) < 4.78 is 11.8. The summed E-state index contributed by atoms with van der Waals surface area (Å²) >= 11 is 1.85. The Bertz CT molecular complexity index is 3100. The minimum Gasteiger partial charge on any atom is -0.454 e. The molecule has 0 aliphatic carbocycles. The molecule has 4 aromatic heterocycles. The molecule has 0 atom stereocenters. The molecule has 0 unspecified atom stereocenters. The van der Waals surface area contributed by atoms with Gasteiger partial charge >= 0.3 is 0 Å². The standard InChI is InChI=1S/C44H25N3OS/c1-3-13-26(14-4-1)40-32-25-28(23-24-33(32)45-44(46-40)27-15-5-2-6-16-27)47-34-20-10-7-17-29(34)37-38-31-19-9-12-22-36(31)49-43(38)39-30-18-8-11-21-35(30)48-42(39)41(37)47/h1-25H. The largest absolute Gasteiger partial charge is 0.454 e. The number of aromatic nitrogens is 3. The van der Waals surface area contributed by atoms with Gasteiger partial charge in [-0.3, -0.25) is 0 Å². The summed E-state index contributed by atoms with van der Waals surface area (Å²) in [5.41, 5.74) is 8.90. The van der Waals surface area contributed by atoms with E-state index in [4.69, 9.17) is 14.4 Å². The number of fused-ring (bicyclic) bond motifs is 13. The predicted molar refractivity (Wildman–Crippen MR) is 205 cm³/mol. The molecular formula is C44H25N3OS. The fourth-order valence-corrected chi connectivity index (χ4v) is 8.94. The molecule has 11 rings (SSSR count). The second-order valence-electron chi connectivity index (χ2n) is 12.5. The molecule has 0 saturated heterocycles. The molecule has 4 nitrogen and oxygen atoms in total. The van der Waals surface area contributed by atoms with Crippen molar-refractivity contribution in [1.82, 2.24) is 14.5 Å². The van der Waals surface area contributed by atoms with Crippen molar-refractivity contribution in [3.8, 4) is 28.3 Å². The highest BCUT2D eigenvalue weighted by atomic mass is 32.1. The second kappa shape index (κ2) is 10.1. The first-order valence-corrected chi connectivity index (χ1v) is 17.2. The molecule has 0 radical (unpaired) electrons. The molecule has 5 heteroatoms. The maximum atomic E-state index is 6.87. The molecule has 0 amide bonds. The van der Waals surface area contributed by atoms with Crippen LogP contribution in [0.1, 0.15) is 0 Å². The van der Waals surface area contributed by atoms with Gasteiger partial charge in [-0.25, -0.2) is 9.97 Å². The quantitative estimate of drug-likeness (QED) is 0.192. The van der Waals surface area contributed by atoms with Crippen LogP contribution in [0.2, 0.25) is 0 Å². The van der Waals surface area contributed by atoms with E-state index in [-0.39, 0.29) is 0 Å². The SMILES string of the molecule is c1ccc(-c2nc(-c3ccccc3)c3cc(-n4c5ccccc5c5c6c7ccccc7sc6c6c7ccccc7oc6c54)ccc3n2)cc1. The van der Waals surface area contributed by atoms with Crippen molar-refractivity contribution in [2.75, 3.05) is 0 Å². The van der Waals surface area contributed by atoms with Gasteiger partial charge in [0.25, 0.3) is 0 Å². The van der Waals surface area contributed by atoms with Crippen molar-refractivity contribution in [3.05, 3.63) is 152 Å². The first kappa shape index (κ1) is 26.7. The van der Waals surface area contributed by atoms with Crippen molar-refractivity contribution >= 4 is 86.2 Å². The van der Waals surface area contributed by atoms with Crippen molar-refractivity contribution in [1.29, 1.82) is 0 Å². The number of hydrogen-bond donors (Lipinski definition) is 0. The van der Waals surface area contributed by atoms with Crippen molar-refractivity contribution in [2.24, 2.45) is 0 Å². The van der Waals surface area contributed by atoms with E-state index >= 15 is 0 Å². The Kier molecular flexibility index (Phi) is 5.51. The smallest absolute Gasteiger partial charge is 0.161 e. The Labute approximate surface area is 284 Å². The van der Waals surface area contributed by atoms with Crippen LogP contribution in [0.15, 0.2) is 156 Å². The summed E-state index contributed by atoms with van der Waals surface area (Å²) in [5, 5.41) is 8.28. The number of hydrogen-bond acceptors (Lipinski definition) is 4. The first-order valence-electron chi connectivity index (χ1n) is 16.4. The highest BCUT2D eigenvalue weighted by molar-refractivity contribution is 7.27. The number of rotatable bonds is 3. The van der Waals surface area contributed by atoms with Crippen LogP contribution in [0.5, 0.6) is 0 Å². The van der Waals surface area contributed by atoms with Crippen LogP contribution in [0.3, 0.4) is 0 Å². The lowest BCUT2D eigenvalue weighted by Gasteiger charge is -2.13. The summed E-state index contributed by atoms with van der Waals surface area (Å²) in [7, 11) is 0. The molecule has 49 heavy (non-hydrogen) atoms. The Balaban J connectivity index is 1.31. The molecule has 0 bridgehead atoms. The molecule has 7 aromatic carbocycles. The third-order valence-corrected chi connectivity index (χ3v) is 11.0. The van der Waals surface area contributed by atoms with Crippen LogP contribution in [0.4, 0.5) is 0 Å². The number of thiophene rings is 1. The molecule has 11 aromatic rings. The number of nitrogens with zero attached hydrogens (tertiary/aromatic N) is 3. The van der Waals surface area contributed by atoms with E-state index in [1.54, 1.807) is 0 Å². The zero-order valence-electron chi connectivity index (χ0n) is 26.1. The van der Waals surface area contributed by atoms with E-state index in [0.29, 0.717) is 5.82 Å². The third kappa shape index (κ3) is 3.79. The molecule has 0 N–H and O–H groups in total. The summed E-state index contributed by atoms with van der Waals surface area (Å²) in [5.74, 6) is 0.715. The van der Waals surface area contributed by atoms with Gasteiger partial charge in [-0.15, -0.1) is 11.3 Å². The minimum atomic E-state index is 0.715. The topological polar surface area (TPSA) is 43.9 Å². The lowest BCUT2D eigenvalue weighted by Crippen LogP contribution is -1.98. The molecule has 0 aliphatic rings. The zero-order valence-corrected chi connectivity index (χ0v) is 26.9. The normalized spacial score (nSPS) is 12.1. The van der Waals surface area contributed by atoms with Crippen LogP contribution in [-0.2, 0) is 0 Å². The van der Waals surface area contributed by atoms with Crippen molar-refractivity contribution in [2.45, 2.75) is 0 Å². The highest BCUT2D eigenvalue weighted by Crippen LogP contribution is 2.50. The lowest BCUT2D eigenvalue weighted by molar-refractivity contribution is 0.671. The monoisotopic (exact) mass is 643 g/mol. The van der Waals surface area contributed by atoms with E-state index in [9.17, 15) is 0 Å². The molecule has 228 valence electrons. The Morgan fingerprint density at radius 1 is 0.531 bits per heavy atom. The van der Waals surface area contributed by atoms with Gasteiger partial charge in [-0.1, -0.05) is 115 Å². The molecule has 0 aliphatic heterocycles. The Hall–Kier alpha value is -6.30. The predicted octanol–water partition coefficient (Wildman–Crippen LogP) is 12.3. The molecule has 0 spiro atoms. The van der Waals surface area contributed by atoms with Crippen LogP contribution in [-0.4, -0.2) is 14.5 Å². The van der Waals surface area contributed by atoms with Gasteiger partial charge in [0.1, 0.15) is 5.58 Å². The zero-order chi connectivity index (χ0) is 32.1. The van der Waals surface area contributed by atoms with Gasteiger partial charge in [-0.2, -0.15) is 0 Å². The number of benzene rings is 7. The van der Waals surface area contributed by atoms with E-state index < -0.39 is 0 Å². The fourth-order valence-electron chi connectivity index (χ4n) is 7.67. The second-order valence-corrected chi connectivity index (χ2v) is 13.6. The summed E-state index contributed by atoms with van der Waals surface area (Å²) in [6, 6.07) is 53.2. The van der Waals surface area contributed by atoms with Crippen LogP contribution >= 0.6 is 11.3 Å². The van der Waals surface area contributed by atoms with Gasteiger partial charge < -0.3 is 8.98 Å². The van der Waals surface area contributed by atoms with Gasteiger partial charge in [0.2, 0.25) is 0 Å². The van der Waals surface area contributed by atoms with Crippen molar-refractivity contribution < 1.29 is 4.42 Å². The summed E-state index contributed by atoms with van der Waals surface area (Å²) in [6.45, 7) is 0. The minimum absolute atomic E-state index is 0.715. The Morgan fingerprint density at radius 3 is 2.06 bits per heavy atom. The molecule has 0 saturated carbocycles. The fraction of sp³-hybridized carbons (Fsp3) is 0. The summed E-state index contributed by atoms with van der Waals surface area (Å²) in [6.07, 6.45) is 0. The van der Waals surface area contributed by atoms with Crippen LogP contribution in [0, 0.1) is 0 Å². The lowest BCUT2D eigenvalue weighted by atomic mass is 10.0. The van der Waals surface area contributed by atoms with E-state index in [1.165, 1.54) is 36.3 Å². The maximum Gasteiger partial charge on any atom is 0.161 e. The van der Waals surface area contributed by atoms with E-state index in [2.05, 4.69) is 132 Å². The van der Waals surface area contributed by atoms with Gasteiger partial charge in [0.15, 0.2) is 11.4 Å². The van der Waals surface area contributed by atoms with Crippen molar-refractivity contribution in [3.63, 3.8) is 0 Å². The van der Waals surface area contributed by atoms with E-state index in [0.717, 1.165) is 61.0 Å². The average molecular weight is 644 g/mol. The van der Waals surface area contributed by atoms with Gasteiger partial charge in [0, 0.05) is 63.9 Å². The average Bonchev–Trinajstić information content (AvgIpc) is 3.85. The third-order valence-electron chi connectivity index (χ3n) is 9.77. The highest BCUT2D eigenvalue weighted by Gasteiger charge is 2.25. The molecular weight excluding hydrogens is 619 g/mol. The number of furan rings is 1. The van der Waals surface area contributed by atoms with E-state index in [1.807, 2.05) is 35.6 Å². The Morgan fingerprint density at radius 2 is 1.22 bits per heavy atom. The first-order chi connectivity index (χ1) is 24.3. The maximum absolute atomic E-state index is 6.87. The van der Waals surface area contributed by atoms with Crippen LogP contribution in [0.25, 0.3) is 103 Å². The number of para-hydroxylation sites is 2. The molecule has 4 heterocycles. The van der Waals surface area contributed by atoms with Gasteiger partial charge in [0.05, 0.1) is 22.2 Å². The van der Waals surface area contributed by atoms with Crippen LogP contribution < -0.4 is 0 Å². The van der Waals surface area contributed by atoms with Gasteiger partial charge in [-0.05, 0) is 36.4 Å². The molecule has 0 fully saturated rings.